The Morgan fingerprint density at radius 2 is 2.15 bits per heavy atom. The summed E-state index contributed by atoms with van der Waals surface area (Å²) >= 11 is 0. The third kappa shape index (κ3) is 4.33. The average Bonchev–Trinajstić information content (AvgIpc) is 3.18. The highest BCUT2D eigenvalue weighted by molar-refractivity contribution is 5.78. The van der Waals surface area contributed by atoms with Gasteiger partial charge in [-0.25, -0.2) is 4.39 Å². The molecule has 5 heteroatoms. The topological polar surface area (TPSA) is 49.4 Å². The van der Waals surface area contributed by atoms with Gasteiger partial charge in [-0.1, -0.05) is 12.1 Å². The van der Waals surface area contributed by atoms with Crippen molar-refractivity contribution in [2.24, 2.45) is 0 Å². The van der Waals surface area contributed by atoms with Crippen molar-refractivity contribution in [1.29, 1.82) is 0 Å². The molecule has 0 atom stereocenters. The Morgan fingerprint density at radius 3 is 2.75 bits per heavy atom. The van der Waals surface area contributed by atoms with E-state index in [0.717, 1.165) is 12.8 Å². The maximum absolute atomic E-state index is 13.0. The van der Waals surface area contributed by atoms with E-state index in [1.165, 1.54) is 12.1 Å². The number of benzene rings is 1. The van der Waals surface area contributed by atoms with Gasteiger partial charge in [0.2, 0.25) is 11.8 Å². The van der Waals surface area contributed by atoms with Crippen molar-refractivity contribution in [3.05, 3.63) is 35.6 Å². The third-order valence-electron chi connectivity index (χ3n) is 3.32. The molecule has 0 saturated heterocycles. The van der Waals surface area contributed by atoms with Crippen molar-refractivity contribution in [3.63, 3.8) is 0 Å². The van der Waals surface area contributed by atoms with Crippen LogP contribution in [0.3, 0.4) is 0 Å². The minimum absolute atomic E-state index is 0.0480. The SMILES string of the molecule is CC(=O)N(CCNC(=O)Cc1cccc(F)c1)C1CC1. The lowest BCUT2D eigenvalue weighted by Gasteiger charge is -2.20. The minimum atomic E-state index is -0.341. The maximum atomic E-state index is 13.0. The quantitative estimate of drug-likeness (QED) is 0.857. The fourth-order valence-electron chi connectivity index (χ4n) is 2.19. The molecule has 0 radical (unpaired) electrons. The molecule has 1 aromatic rings. The second kappa shape index (κ2) is 6.50. The molecule has 4 nitrogen and oxygen atoms in total. The lowest BCUT2D eigenvalue weighted by Crippen LogP contribution is -2.39. The lowest BCUT2D eigenvalue weighted by atomic mass is 10.1. The van der Waals surface area contributed by atoms with Gasteiger partial charge in [0.25, 0.3) is 0 Å². The number of hydrogen-bond donors (Lipinski definition) is 1. The van der Waals surface area contributed by atoms with Gasteiger partial charge in [0.05, 0.1) is 6.42 Å². The molecule has 0 spiro atoms. The highest BCUT2D eigenvalue weighted by atomic mass is 19.1. The number of rotatable bonds is 6. The molecule has 20 heavy (non-hydrogen) atoms. The van der Waals surface area contributed by atoms with Crippen molar-refractivity contribution in [3.8, 4) is 0 Å². The molecule has 1 N–H and O–H groups in total. The molecule has 2 rings (SSSR count). The van der Waals surface area contributed by atoms with Crippen LogP contribution in [0.25, 0.3) is 0 Å². The zero-order valence-corrected chi connectivity index (χ0v) is 11.6. The Kier molecular flexibility index (Phi) is 4.71. The summed E-state index contributed by atoms with van der Waals surface area (Å²) in [6.07, 6.45) is 2.26. The van der Waals surface area contributed by atoms with Gasteiger partial charge in [-0.3, -0.25) is 9.59 Å². The van der Waals surface area contributed by atoms with Crippen LogP contribution in [-0.4, -0.2) is 35.8 Å². The third-order valence-corrected chi connectivity index (χ3v) is 3.32. The van der Waals surface area contributed by atoms with Crippen molar-refractivity contribution in [1.82, 2.24) is 10.2 Å². The maximum Gasteiger partial charge on any atom is 0.224 e. The van der Waals surface area contributed by atoms with Gasteiger partial charge < -0.3 is 10.2 Å². The Morgan fingerprint density at radius 1 is 1.40 bits per heavy atom. The van der Waals surface area contributed by atoms with E-state index in [-0.39, 0.29) is 24.1 Å². The van der Waals surface area contributed by atoms with Crippen molar-refractivity contribution < 1.29 is 14.0 Å². The monoisotopic (exact) mass is 278 g/mol. The molecule has 1 fully saturated rings. The number of hydrogen-bond acceptors (Lipinski definition) is 2. The van der Waals surface area contributed by atoms with E-state index in [9.17, 15) is 14.0 Å². The Bertz CT molecular complexity index is 500. The van der Waals surface area contributed by atoms with Crippen LogP contribution >= 0.6 is 0 Å². The van der Waals surface area contributed by atoms with Crippen LogP contribution < -0.4 is 5.32 Å². The molecule has 0 unspecified atom stereocenters. The van der Waals surface area contributed by atoms with Crippen molar-refractivity contribution in [2.75, 3.05) is 13.1 Å². The molecule has 0 heterocycles. The molecular formula is C15H19FN2O2. The minimum Gasteiger partial charge on any atom is -0.354 e. The summed E-state index contributed by atoms with van der Waals surface area (Å²) < 4.78 is 13.0. The Balaban J connectivity index is 1.73. The fraction of sp³-hybridized carbons (Fsp3) is 0.467. The number of carbonyl (C=O) groups is 2. The van der Waals surface area contributed by atoms with Crippen LogP contribution in [0.15, 0.2) is 24.3 Å². The number of nitrogens with one attached hydrogen (secondary N) is 1. The molecule has 0 aliphatic heterocycles. The van der Waals surface area contributed by atoms with Gasteiger partial charge >= 0.3 is 0 Å². The van der Waals surface area contributed by atoms with Crippen LogP contribution in [-0.2, 0) is 16.0 Å². The first-order chi connectivity index (χ1) is 9.56. The zero-order valence-electron chi connectivity index (χ0n) is 11.6. The van der Waals surface area contributed by atoms with Gasteiger partial charge in [-0.15, -0.1) is 0 Å². The van der Waals surface area contributed by atoms with Gasteiger partial charge in [0.1, 0.15) is 5.82 Å². The molecule has 0 aromatic heterocycles. The predicted molar refractivity (Wildman–Crippen MR) is 73.5 cm³/mol. The molecule has 1 aromatic carbocycles. The Hall–Kier alpha value is -1.91. The van der Waals surface area contributed by atoms with E-state index in [4.69, 9.17) is 0 Å². The highest BCUT2D eigenvalue weighted by Crippen LogP contribution is 2.26. The number of carbonyl (C=O) groups excluding carboxylic acids is 2. The van der Waals surface area contributed by atoms with Gasteiger partial charge in [-0.05, 0) is 30.5 Å². The van der Waals surface area contributed by atoms with Crippen molar-refractivity contribution in [2.45, 2.75) is 32.2 Å². The smallest absolute Gasteiger partial charge is 0.224 e. The highest BCUT2D eigenvalue weighted by Gasteiger charge is 2.30. The first-order valence-corrected chi connectivity index (χ1v) is 6.84. The molecule has 2 amide bonds. The number of amides is 2. The van der Waals surface area contributed by atoms with Crippen LogP contribution in [0.1, 0.15) is 25.3 Å². The zero-order chi connectivity index (χ0) is 14.5. The molecular weight excluding hydrogens is 259 g/mol. The summed E-state index contributed by atoms with van der Waals surface area (Å²) in [4.78, 5) is 24.9. The standard InChI is InChI=1S/C15H19FN2O2/c1-11(19)18(14-5-6-14)8-7-17-15(20)10-12-3-2-4-13(16)9-12/h2-4,9,14H,5-8,10H2,1H3,(H,17,20). The number of halogens is 1. The largest absolute Gasteiger partial charge is 0.354 e. The Labute approximate surface area is 118 Å². The van der Waals surface area contributed by atoms with E-state index in [0.29, 0.717) is 24.7 Å². The molecule has 1 aliphatic rings. The van der Waals surface area contributed by atoms with Crippen molar-refractivity contribution >= 4 is 11.8 Å². The average molecular weight is 278 g/mol. The second-order valence-electron chi connectivity index (χ2n) is 5.10. The summed E-state index contributed by atoms with van der Waals surface area (Å²) in [6.45, 7) is 2.52. The van der Waals surface area contributed by atoms with E-state index >= 15 is 0 Å². The normalized spacial score (nSPS) is 13.9. The van der Waals surface area contributed by atoms with E-state index in [1.54, 1.807) is 24.0 Å². The van der Waals surface area contributed by atoms with E-state index in [2.05, 4.69) is 5.32 Å². The molecule has 0 bridgehead atoms. The van der Waals surface area contributed by atoms with Crippen LogP contribution in [0.4, 0.5) is 4.39 Å². The molecule has 108 valence electrons. The first kappa shape index (κ1) is 14.5. The number of nitrogens with zero attached hydrogens (tertiary/aromatic N) is 1. The summed E-state index contributed by atoms with van der Waals surface area (Å²) in [5.74, 6) is -0.450. The predicted octanol–water partition coefficient (Wildman–Crippen LogP) is 1.50. The summed E-state index contributed by atoms with van der Waals surface area (Å²) in [7, 11) is 0. The van der Waals surface area contributed by atoms with Gasteiger partial charge in [0.15, 0.2) is 0 Å². The lowest BCUT2D eigenvalue weighted by molar-refractivity contribution is -0.130. The fourth-order valence-corrected chi connectivity index (χ4v) is 2.19. The van der Waals surface area contributed by atoms with Crippen LogP contribution in [0, 0.1) is 5.82 Å². The van der Waals surface area contributed by atoms with E-state index in [1.807, 2.05) is 0 Å². The van der Waals surface area contributed by atoms with Crippen LogP contribution in [0.2, 0.25) is 0 Å². The first-order valence-electron chi connectivity index (χ1n) is 6.84. The van der Waals surface area contributed by atoms with E-state index < -0.39 is 0 Å². The van der Waals surface area contributed by atoms with Gasteiger partial charge in [0, 0.05) is 26.1 Å². The van der Waals surface area contributed by atoms with Crippen LogP contribution in [0.5, 0.6) is 0 Å². The summed E-state index contributed by atoms with van der Waals surface area (Å²) in [6, 6.07) is 6.36. The second-order valence-corrected chi connectivity index (χ2v) is 5.10. The summed E-state index contributed by atoms with van der Waals surface area (Å²) in [5.41, 5.74) is 0.646. The van der Waals surface area contributed by atoms with Gasteiger partial charge in [-0.2, -0.15) is 0 Å². The molecule has 1 saturated carbocycles. The molecule has 1 aliphatic carbocycles. The summed E-state index contributed by atoms with van der Waals surface area (Å²) in [5, 5.41) is 2.76.